The second-order valence-electron chi connectivity index (χ2n) is 3.27. The molecule has 1 aromatic carbocycles. The van der Waals surface area contributed by atoms with Crippen LogP contribution in [0.4, 0.5) is 5.69 Å². The molecular weight excluding hydrogens is 278 g/mol. The minimum atomic E-state index is -0.564. The van der Waals surface area contributed by atoms with Crippen molar-refractivity contribution in [1.82, 2.24) is 0 Å². The number of nitrogens with zero attached hydrogens (tertiary/aromatic N) is 1. The molecule has 1 rings (SSSR count). The van der Waals surface area contributed by atoms with Gasteiger partial charge in [0.25, 0.3) is 5.69 Å². The molecule has 0 aliphatic rings. The number of halogens is 1. The van der Waals surface area contributed by atoms with Gasteiger partial charge in [0.2, 0.25) is 0 Å². The highest BCUT2D eigenvalue weighted by molar-refractivity contribution is 9.10. The quantitative estimate of drug-likeness (QED) is 0.476. The topological polar surface area (TPSA) is 69.4 Å². The van der Waals surface area contributed by atoms with E-state index in [0.29, 0.717) is 15.6 Å². The Bertz CT molecular complexity index is 470. The van der Waals surface area contributed by atoms with Crippen molar-refractivity contribution in [3.8, 4) is 0 Å². The number of carbonyl (C=O) groups excluding carboxylic acids is 1. The van der Waals surface area contributed by atoms with Crippen molar-refractivity contribution in [1.29, 1.82) is 0 Å². The van der Waals surface area contributed by atoms with Gasteiger partial charge in [-0.1, -0.05) is 0 Å². The van der Waals surface area contributed by atoms with Crippen molar-refractivity contribution in [2.24, 2.45) is 0 Å². The smallest absolute Gasteiger partial charge is 0.338 e. The molecule has 86 valence electrons. The van der Waals surface area contributed by atoms with Gasteiger partial charge in [-0.15, -0.1) is 0 Å². The summed E-state index contributed by atoms with van der Waals surface area (Å²) >= 11 is 3.11. The maximum Gasteiger partial charge on any atom is 0.338 e. The van der Waals surface area contributed by atoms with E-state index in [1.54, 1.807) is 6.92 Å². The highest BCUT2D eigenvalue weighted by Gasteiger charge is 2.24. The van der Waals surface area contributed by atoms with Crippen molar-refractivity contribution in [2.75, 3.05) is 7.11 Å². The van der Waals surface area contributed by atoms with E-state index in [0.717, 1.165) is 0 Å². The highest BCUT2D eigenvalue weighted by atomic mass is 79.9. The minimum absolute atomic E-state index is 0.106. The van der Waals surface area contributed by atoms with Crippen LogP contribution in [0.15, 0.2) is 10.5 Å². The van der Waals surface area contributed by atoms with E-state index < -0.39 is 10.9 Å². The molecule has 0 fully saturated rings. The summed E-state index contributed by atoms with van der Waals surface area (Å²) in [6, 6.07) is 1.54. The number of nitro benzene ring substituents is 1. The summed E-state index contributed by atoms with van der Waals surface area (Å²) in [5.74, 6) is -0.564. The number of nitro groups is 1. The molecule has 0 saturated heterocycles. The number of benzene rings is 1. The molecule has 5 nitrogen and oxygen atoms in total. The molecule has 0 aliphatic heterocycles. The first-order valence-electron chi connectivity index (χ1n) is 4.42. The van der Waals surface area contributed by atoms with Crippen LogP contribution in [0.5, 0.6) is 0 Å². The number of hydrogen-bond acceptors (Lipinski definition) is 4. The predicted octanol–water partition coefficient (Wildman–Crippen LogP) is 2.76. The SMILES string of the molecule is COC(=O)c1c(C)cc(Br)c([N+](=O)[O-])c1C. The van der Waals surface area contributed by atoms with Gasteiger partial charge in [-0.3, -0.25) is 10.1 Å². The van der Waals surface area contributed by atoms with Gasteiger partial charge in [-0.2, -0.15) is 0 Å². The molecule has 0 N–H and O–H groups in total. The molecular formula is C10H10BrNO4. The van der Waals surface area contributed by atoms with Gasteiger partial charge in [-0.25, -0.2) is 4.79 Å². The third kappa shape index (κ3) is 2.06. The molecule has 0 bridgehead atoms. The normalized spacial score (nSPS) is 10.0. The van der Waals surface area contributed by atoms with Crippen LogP contribution in [-0.4, -0.2) is 18.0 Å². The molecule has 0 atom stereocenters. The van der Waals surface area contributed by atoms with Crippen molar-refractivity contribution in [3.63, 3.8) is 0 Å². The van der Waals surface area contributed by atoms with Gasteiger partial charge in [0, 0.05) is 5.56 Å². The highest BCUT2D eigenvalue weighted by Crippen LogP contribution is 2.33. The standard InChI is InChI=1S/C10H10BrNO4/c1-5-4-7(11)9(12(14)15)6(2)8(5)10(13)16-3/h4H,1-3H3. The Hall–Kier alpha value is -1.43. The lowest BCUT2D eigenvalue weighted by Gasteiger charge is -2.09. The third-order valence-electron chi connectivity index (χ3n) is 2.27. The number of ether oxygens (including phenoxy) is 1. The molecule has 0 heterocycles. The molecule has 0 aliphatic carbocycles. The predicted molar refractivity (Wildman–Crippen MR) is 61.6 cm³/mol. The van der Waals surface area contributed by atoms with Crippen LogP contribution in [0.3, 0.4) is 0 Å². The number of esters is 1. The zero-order valence-electron chi connectivity index (χ0n) is 9.04. The number of hydrogen-bond donors (Lipinski definition) is 0. The molecule has 0 unspecified atom stereocenters. The zero-order chi connectivity index (χ0) is 12.5. The summed E-state index contributed by atoms with van der Waals surface area (Å²) in [7, 11) is 1.25. The first-order chi connectivity index (χ1) is 7.40. The van der Waals surface area contributed by atoms with E-state index in [1.165, 1.54) is 20.1 Å². The Morgan fingerprint density at radius 1 is 1.50 bits per heavy atom. The molecule has 0 radical (unpaired) electrons. The van der Waals surface area contributed by atoms with Crippen LogP contribution in [-0.2, 0) is 4.74 Å². The van der Waals surface area contributed by atoms with E-state index in [2.05, 4.69) is 20.7 Å². The van der Waals surface area contributed by atoms with Gasteiger partial charge in [-0.05, 0) is 41.4 Å². The Morgan fingerprint density at radius 2 is 2.06 bits per heavy atom. The fourth-order valence-electron chi connectivity index (χ4n) is 1.56. The molecule has 0 amide bonds. The van der Waals surface area contributed by atoms with E-state index in [-0.39, 0.29) is 11.3 Å². The molecule has 1 aromatic rings. The lowest BCUT2D eigenvalue weighted by atomic mass is 10.0. The second-order valence-corrected chi connectivity index (χ2v) is 4.13. The molecule has 0 spiro atoms. The van der Waals surface area contributed by atoms with Crippen LogP contribution in [0, 0.1) is 24.0 Å². The summed E-state index contributed by atoms with van der Waals surface area (Å²) in [6.45, 7) is 3.23. The number of rotatable bonds is 2. The average molecular weight is 288 g/mol. The van der Waals surface area contributed by atoms with Gasteiger partial charge >= 0.3 is 5.97 Å². The van der Waals surface area contributed by atoms with Crippen LogP contribution < -0.4 is 0 Å². The van der Waals surface area contributed by atoms with Crippen LogP contribution in [0.2, 0.25) is 0 Å². The maximum atomic E-state index is 11.5. The Kier molecular flexibility index (Phi) is 3.64. The molecule has 0 saturated carbocycles. The Labute approximate surface area is 101 Å². The van der Waals surface area contributed by atoms with Gasteiger partial charge in [0.05, 0.1) is 22.1 Å². The van der Waals surface area contributed by atoms with E-state index in [1.807, 2.05) is 0 Å². The first kappa shape index (κ1) is 12.6. The second kappa shape index (κ2) is 4.61. The van der Waals surface area contributed by atoms with Crippen molar-refractivity contribution < 1.29 is 14.5 Å². The van der Waals surface area contributed by atoms with E-state index in [9.17, 15) is 14.9 Å². The summed E-state index contributed by atoms with van der Waals surface area (Å²) in [4.78, 5) is 21.8. The number of methoxy groups -OCH3 is 1. The Morgan fingerprint density at radius 3 is 2.50 bits per heavy atom. The maximum absolute atomic E-state index is 11.5. The summed E-state index contributed by atoms with van der Waals surface area (Å²) in [5, 5.41) is 10.8. The van der Waals surface area contributed by atoms with Gasteiger partial charge in [0.15, 0.2) is 0 Å². The van der Waals surface area contributed by atoms with Crippen LogP contribution >= 0.6 is 15.9 Å². The number of aryl methyl sites for hydroxylation is 1. The van der Waals surface area contributed by atoms with E-state index >= 15 is 0 Å². The Balaban J connectivity index is 3.57. The summed E-state index contributed by atoms with van der Waals surface area (Å²) in [6.07, 6.45) is 0. The van der Waals surface area contributed by atoms with Crippen LogP contribution in [0.25, 0.3) is 0 Å². The summed E-state index contributed by atoms with van der Waals surface area (Å²) < 4.78 is 4.96. The first-order valence-corrected chi connectivity index (χ1v) is 5.21. The largest absolute Gasteiger partial charge is 0.465 e. The minimum Gasteiger partial charge on any atom is -0.465 e. The molecule has 0 aromatic heterocycles. The van der Waals surface area contributed by atoms with Crippen LogP contribution in [0.1, 0.15) is 21.5 Å². The van der Waals surface area contributed by atoms with Crippen molar-refractivity contribution in [2.45, 2.75) is 13.8 Å². The van der Waals surface area contributed by atoms with Crippen molar-refractivity contribution in [3.05, 3.63) is 37.3 Å². The zero-order valence-corrected chi connectivity index (χ0v) is 10.6. The fraction of sp³-hybridized carbons (Fsp3) is 0.300. The monoisotopic (exact) mass is 287 g/mol. The van der Waals surface area contributed by atoms with Gasteiger partial charge in [0.1, 0.15) is 0 Å². The fourth-order valence-corrected chi connectivity index (χ4v) is 2.35. The third-order valence-corrected chi connectivity index (χ3v) is 2.87. The molecule has 6 heteroatoms. The summed E-state index contributed by atoms with van der Waals surface area (Å²) in [5.41, 5.74) is 1.09. The molecule has 16 heavy (non-hydrogen) atoms. The lowest BCUT2D eigenvalue weighted by Crippen LogP contribution is -2.09. The van der Waals surface area contributed by atoms with Crippen molar-refractivity contribution >= 4 is 27.6 Å². The lowest BCUT2D eigenvalue weighted by molar-refractivity contribution is -0.386. The average Bonchev–Trinajstić information content (AvgIpc) is 2.15. The van der Waals surface area contributed by atoms with E-state index in [4.69, 9.17) is 0 Å². The van der Waals surface area contributed by atoms with Gasteiger partial charge < -0.3 is 4.74 Å². The number of carbonyl (C=O) groups is 1.